The minimum atomic E-state index is -0.279. The van der Waals surface area contributed by atoms with E-state index < -0.39 is 0 Å². The summed E-state index contributed by atoms with van der Waals surface area (Å²) in [5.74, 6) is 0.259. The van der Waals surface area contributed by atoms with Gasteiger partial charge in [0.1, 0.15) is 18.2 Å². The van der Waals surface area contributed by atoms with Crippen LogP contribution in [-0.4, -0.2) is 11.5 Å². The van der Waals surface area contributed by atoms with Crippen molar-refractivity contribution in [2.75, 3.05) is 6.54 Å². The predicted octanol–water partition coefficient (Wildman–Crippen LogP) is 2.97. The van der Waals surface area contributed by atoms with E-state index in [9.17, 15) is 4.39 Å². The molecular weight excluding hydrogens is 251 g/mol. The first-order valence-corrected chi connectivity index (χ1v) is 6.72. The molecule has 1 heterocycles. The zero-order valence-corrected chi connectivity index (χ0v) is 11.0. The van der Waals surface area contributed by atoms with Gasteiger partial charge in [-0.05, 0) is 24.2 Å². The lowest BCUT2D eigenvalue weighted by molar-refractivity contribution is 0.300. The first-order valence-electron chi connectivity index (χ1n) is 5.78. The number of aromatic nitrogens is 1. The van der Waals surface area contributed by atoms with Crippen LogP contribution in [0.4, 0.5) is 4.39 Å². The Morgan fingerprint density at radius 3 is 3.00 bits per heavy atom. The highest BCUT2D eigenvalue weighted by Crippen LogP contribution is 2.18. The third kappa shape index (κ3) is 3.78. The average molecular weight is 266 g/mol. The molecule has 1 aromatic heterocycles. The molecule has 0 aliphatic heterocycles. The van der Waals surface area contributed by atoms with Crippen LogP contribution < -0.4 is 10.1 Å². The number of hydrogen-bond donors (Lipinski definition) is 1. The second-order valence-corrected chi connectivity index (χ2v) is 4.56. The number of benzene rings is 1. The number of thiazole rings is 1. The molecule has 0 bridgehead atoms. The minimum Gasteiger partial charge on any atom is -0.487 e. The topological polar surface area (TPSA) is 34.1 Å². The highest BCUT2D eigenvalue weighted by molar-refractivity contribution is 7.07. The van der Waals surface area contributed by atoms with Gasteiger partial charge in [0.05, 0.1) is 11.2 Å². The maximum Gasteiger partial charge on any atom is 0.131 e. The SMILES string of the molecule is CCNCc1cc(F)cc(OCc2cscn2)c1. The monoisotopic (exact) mass is 266 g/mol. The van der Waals surface area contributed by atoms with Crippen LogP contribution in [0.25, 0.3) is 0 Å². The number of ether oxygens (including phenoxy) is 1. The summed E-state index contributed by atoms with van der Waals surface area (Å²) in [6, 6.07) is 4.75. The fraction of sp³-hybridized carbons (Fsp3) is 0.308. The van der Waals surface area contributed by atoms with E-state index in [2.05, 4.69) is 10.3 Å². The summed E-state index contributed by atoms with van der Waals surface area (Å²) >= 11 is 1.52. The summed E-state index contributed by atoms with van der Waals surface area (Å²) in [7, 11) is 0. The van der Waals surface area contributed by atoms with E-state index in [4.69, 9.17) is 4.74 Å². The first-order chi connectivity index (χ1) is 8.78. The van der Waals surface area contributed by atoms with Crippen molar-refractivity contribution >= 4 is 11.3 Å². The third-order valence-corrected chi connectivity index (χ3v) is 3.02. The Balaban J connectivity index is 2.00. The number of nitrogens with one attached hydrogen (secondary N) is 1. The van der Waals surface area contributed by atoms with Gasteiger partial charge >= 0.3 is 0 Å². The Labute approximate surface area is 110 Å². The summed E-state index contributed by atoms with van der Waals surface area (Å²) in [5.41, 5.74) is 3.49. The Kier molecular flexibility index (Phi) is 4.66. The molecule has 0 unspecified atom stereocenters. The second-order valence-electron chi connectivity index (χ2n) is 3.84. The van der Waals surface area contributed by atoms with E-state index in [0.29, 0.717) is 18.9 Å². The molecule has 1 aromatic carbocycles. The molecule has 2 rings (SSSR count). The molecular formula is C13H15FN2OS. The summed E-state index contributed by atoms with van der Waals surface area (Å²) < 4.78 is 18.9. The molecule has 18 heavy (non-hydrogen) atoms. The number of nitrogens with zero attached hydrogens (tertiary/aromatic N) is 1. The molecule has 96 valence electrons. The van der Waals surface area contributed by atoms with E-state index in [1.807, 2.05) is 18.4 Å². The van der Waals surface area contributed by atoms with Gasteiger partial charge in [-0.1, -0.05) is 6.92 Å². The zero-order valence-electron chi connectivity index (χ0n) is 10.1. The molecule has 0 spiro atoms. The van der Waals surface area contributed by atoms with Crippen molar-refractivity contribution in [3.8, 4) is 5.75 Å². The van der Waals surface area contributed by atoms with Gasteiger partial charge in [-0.25, -0.2) is 9.37 Å². The van der Waals surface area contributed by atoms with Gasteiger partial charge in [-0.3, -0.25) is 0 Å². The summed E-state index contributed by atoms with van der Waals surface area (Å²) in [4.78, 5) is 4.11. The zero-order chi connectivity index (χ0) is 12.8. The number of rotatable bonds is 6. The molecule has 0 aliphatic rings. The van der Waals surface area contributed by atoms with Crippen molar-refractivity contribution in [1.29, 1.82) is 0 Å². The lowest BCUT2D eigenvalue weighted by Gasteiger charge is -2.08. The smallest absolute Gasteiger partial charge is 0.131 e. The molecule has 1 N–H and O–H groups in total. The molecule has 5 heteroatoms. The van der Waals surface area contributed by atoms with Crippen LogP contribution in [0.3, 0.4) is 0 Å². The van der Waals surface area contributed by atoms with Gasteiger partial charge in [0.15, 0.2) is 0 Å². The van der Waals surface area contributed by atoms with Crippen LogP contribution in [-0.2, 0) is 13.2 Å². The molecule has 3 nitrogen and oxygen atoms in total. The van der Waals surface area contributed by atoms with Gasteiger partial charge in [-0.2, -0.15) is 0 Å². The maximum absolute atomic E-state index is 13.4. The van der Waals surface area contributed by atoms with Gasteiger partial charge in [-0.15, -0.1) is 11.3 Å². The standard InChI is InChI=1S/C13H15FN2OS/c1-2-15-6-10-3-11(14)5-13(4-10)17-7-12-8-18-9-16-12/h3-5,8-9,15H,2,6-7H2,1H3. The van der Waals surface area contributed by atoms with E-state index >= 15 is 0 Å². The predicted molar refractivity (Wildman–Crippen MR) is 70.2 cm³/mol. The summed E-state index contributed by atoms with van der Waals surface area (Å²) in [6.45, 7) is 3.87. The van der Waals surface area contributed by atoms with E-state index in [1.165, 1.54) is 23.5 Å². The third-order valence-electron chi connectivity index (χ3n) is 2.38. The quantitative estimate of drug-likeness (QED) is 0.873. The average Bonchev–Trinajstić information content (AvgIpc) is 2.86. The fourth-order valence-electron chi connectivity index (χ4n) is 1.54. The van der Waals surface area contributed by atoms with Gasteiger partial charge in [0.2, 0.25) is 0 Å². The molecule has 0 atom stereocenters. The maximum atomic E-state index is 13.4. The molecule has 0 saturated carbocycles. The molecule has 0 aliphatic carbocycles. The van der Waals surface area contributed by atoms with Crippen LogP contribution in [0.5, 0.6) is 5.75 Å². The van der Waals surface area contributed by atoms with E-state index in [0.717, 1.165) is 17.8 Å². The Morgan fingerprint density at radius 2 is 2.28 bits per heavy atom. The first kappa shape index (κ1) is 13.0. The summed E-state index contributed by atoms with van der Waals surface area (Å²) in [6.07, 6.45) is 0. The lowest BCUT2D eigenvalue weighted by atomic mass is 10.2. The Morgan fingerprint density at radius 1 is 1.39 bits per heavy atom. The van der Waals surface area contributed by atoms with Crippen molar-refractivity contribution in [3.05, 3.63) is 46.2 Å². The van der Waals surface area contributed by atoms with Gasteiger partial charge in [0, 0.05) is 18.0 Å². The lowest BCUT2D eigenvalue weighted by Crippen LogP contribution is -2.12. The van der Waals surface area contributed by atoms with Crippen LogP contribution in [0.15, 0.2) is 29.1 Å². The van der Waals surface area contributed by atoms with Crippen LogP contribution in [0.1, 0.15) is 18.2 Å². The van der Waals surface area contributed by atoms with Crippen molar-refractivity contribution in [3.63, 3.8) is 0 Å². The Bertz CT molecular complexity index is 488. The van der Waals surface area contributed by atoms with Gasteiger partial charge in [0.25, 0.3) is 0 Å². The van der Waals surface area contributed by atoms with E-state index in [1.54, 1.807) is 5.51 Å². The molecule has 0 amide bonds. The normalized spacial score (nSPS) is 10.6. The molecule has 0 radical (unpaired) electrons. The molecule has 0 fully saturated rings. The molecule has 2 aromatic rings. The Hall–Kier alpha value is -1.46. The van der Waals surface area contributed by atoms with Gasteiger partial charge < -0.3 is 10.1 Å². The minimum absolute atomic E-state index is 0.279. The van der Waals surface area contributed by atoms with Crippen molar-refractivity contribution in [2.24, 2.45) is 0 Å². The van der Waals surface area contributed by atoms with Crippen molar-refractivity contribution in [1.82, 2.24) is 10.3 Å². The van der Waals surface area contributed by atoms with Crippen LogP contribution >= 0.6 is 11.3 Å². The number of halogens is 1. The molecule has 0 saturated heterocycles. The van der Waals surface area contributed by atoms with Crippen molar-refractivity contribution < 1.29 is 9.13 Å². The van der Waals surface area contributed by atoms with Crippen molar-refractivity contribution in [2.45, 2.75) is 20.1 Å². The summed E-state index contributed by atoms with van der Waals surface area (Å²) in [5, 5.41) is 5.07. The van der Waals surface area contributed by atoms with E-state index in [-0.39, 0.29) is 5.82 Å². The van der Waals surface area contributed by atoms with Crippen LogP contribution in [0.2, 0.25) is 0 Å². The second kappa shape index (κ2) is 6.47. The fourth-order valence-corrected chi connectivity index (χ4v) is 2.08. The number of hydrogen-bond acceptors (Lipinski definition) is 4. The largest absolute Gasteiger partial charge is 0.487 e. The highest BCUT2D eigenvalue weighted by Gasteiger charge is 2.03. The van der Waals surface area contributed by atoms with Crippen LogP contribution in [0, 0.1) is 5.82 Å². The highest BCUT2D eigenvalue weighted by atomic mass is 32.1.